The lowest BCUT2D eigenvalue weighted by atomic mass is 10.1. The number of hydrogen-bond acceptors (Lipinski definition) is 3. The minimum atomic E-state index is 0.0961. The molecular formula is C20H24N4O. The number of rotatable bonds is 8. The van der Waals surface area contributed by atoms with Crippen LogP contribution in [0, 0.1) is 6.92 Å². The average Bonchev–Trinajstić information content (AvgIpc) is 3.04. The molecule has 25 heavy (non-hydrogen) atoms. The van der Waals surface area contributed by atoms with Gasteiger partial charge in [-0.2, -0.15) is 0 Å². The third kappa shape index (κ3) is 4.83. The van der Waals surface area contributed by atoms with Crippen molar-refractivity contribution in [3.05, 3.63) is 59.9 Å². The van der Waals surface area contributed by atoms with Crippen molar-refractivity contribution in [1.82, 2.24) is 15.3 Å². The number of aromatic amines is 1. The van der Waals surface area contributed by atoms with Crippen LogP contribution in [0.25, 0.3) is 10.9 Å². The van der Waals surface area contributed by atoms with Crippen molar-refractivity contribution in [2.45, 2.75) is 26.2 Å². The fraction of sp³-hybridized carbons (Fsp3) is 0.300. The highest BCUT2D eigenvalue weighted by molar-refractivity contribution is 5.84. The Hall–Kier alpha value is -2.82. The molecule has 0 fully saturated rings. The van der Waals surface area contributed by atoms with Crippen LogP contribution in [0.4, 0.5) is 5.82 Å². The van der Waals surface area contributed by atoms with Gasteiger partial charge >= 0.3 is 0 Å². The van der Waals surface area contributed by atoms with Gasteiger partial charge in [0.05, 0.1) is 0 Å². The second-order valence-corrected chi connectivity index (χ2v) is 6.21. The second kappa shape index (κ2) is 8.33. The lowest BCUT2D eigenvalue weighted by Crippen LogP contribution is -2.26. The molecule has 2 heterocycles. The van der Waals surface area contributed by atoms with Crippen molar-refractivity contribution in [3.63, 3.8) is 0 Å². The van der Waals surface area contributed by atoms with Gasteiger partial charge < -0.3 is 15.6 Å². The van der Waals surface area contributed by atoms with Crippen LogP contribution in [-0.2, 0) is 11.2 Å². The summed E-state index contributed by atoms with van der Waals surface area (Å²) in [4.78, 5) is 19.5. The molecule has 0 saturated heterocycles. The third-order valence-electron chi connectivity index (χ3n) is 4.19. The Kier molecular flexibility index (Phi) is 5.67. The van der Waals surface area contributed by atoms with Crippen LogP contribution in [0.1, 0.15) is 24.0 Å². The van der Waals surface area contributed by atoms with E-state index < -0.39 is 0 Å². The van der Waals surface area contributed by atoms with Gasteiger partial charge in [0.1, 0.15) is 5.82 Å². The Labute approximate surface area is 147 Å². The maximum atomic E-state index is 12.0. The molecule has 0 aliphatic carbocycles. The number of carbonyl (C=O) groups excluding carboxylic acids is 1. The summed E-state index contributed by atoms with van der Waals surface area (Å²) in [6.07, 6.45) is 5.97. The lowest BCUT2D eigenvalue weighted by Gasteiger charge is -2.07. The maximum Gasteiger partial charge on any atom is 0.220 e. The number of benzene rings is 1. The molecule has 3 rings (SSSR count). The van der Waals surface area contributed by atoms with Crippen molar-refractivity contribution in [2.24, 2.45) is 0 Å². The van der Waals surface area contributed by atoms with Gasteiger partial charge in [0.25, 0.3) is 0 Å². The molecule has 0 aliphatic rings. The summed E-state index contributed by atoms with van der Waals surface area (Å²) in [5, 5.41) is 7.43. The number of nitrogens with one attached hydrogen (secondary N) is 3. The number of carbonyl (C=O) groups is 1. The molecule has 130 valence electrons. The molecule has 0 radical (unpaired) electrons. The fourth-order valence-electron chi connectivity index (χ4n) is 2.78. The summed E-state index contributed by atoms with van der Waals surface area (Å²) in [6.45, 7) is 3.48. The molecule has 3 aromatic rings. The lowest BCUT2D eigenvalue weighted by molar-refractivity contribution is -0.121. The molecule has 0 spiro atoms. The molecule has 1 aromatic carbocycles. The van der Waals surface area contributed by atoms with Gasteiger partial charge in [0.15, 0.2) is 0 Å². The number of hydrogen-bond donors (Lipinski definition) is 3. The smallest absolute Gasteiger partial charge is 0.220 e. The number of nitrogens with zero attached hydrogens (tertiary/aromatic N) is 1. The van der Waals surface area contributed by atoms with Gasteiger partial charge in [-0.1, -0.05) is 24.3 Å². The first-order valence-corrected chi connectivity index (χ1v) is 8.70. The highest BCUT2D eigenvalue weighted by Gasteiger charge is 2.06. The zero-order chi connectivity index (χ0) is 17.5. The maximum absolute atomic E-state index is 12.0. The standard InChI is InChI=1S/C20H24N4O/c1-15-7-9-19(24-13-15)21-11-4-12-22-20(25)10-8-16-14-23-18-6-3-2-5-17(16)18/h2-3,5-7,9,13-14,23H,4,8,10-12H2,1H3,(H,21,24)(H,22,25). The van der Waals surface area contributed by atoms with E-state index in [0.717, 1.165) is 36.3 Å². The Balaban J connectivity index is 1.33. The SMILES string of the molecule is Cc1ccc(NCCCNC(=O)CCc2c[nH]c3ccccc23)nc1. The van der Waals surface area contributed by atoms with E-state index >= 15 is 0 Å². The van der Waals surface area contributed by atoms with Gasteiger partial charge in [-0.3, -0.25) is 4.79 Å². The first-order valence-electron chi connectivity index (χ1n) is 8.70. The number of pyridine rings is 1. The van der Waals surface area contributed by atoms with E-state index in [-0.39, 0.29) is 5.91 Å². The van der Waals surface area contributed by atoms with Crippen molar-refractivity contribution < 1.29 is 4.79 Å². The molecule has 5 nitrogen and oxygen atoms in total. The quantitative estimate of drug-likeness (QED) is 0.552. The first kappa shape index (κ1) is 17.0. The van der Waals surface area contributed by atoms with E-state index in [4.69, 9.17) is 0 Å². The molecule has 0 atom stereocenters. The normalized spacial score (nSPS) is 10.8. The van der Waals surface area contributed by atoms with E-state index in [1.807, 2.05) is 43.6 Å². The van der Waals surface area contributed by atoms with Crippen LogP contribution in [0.5, 0.6) is 0 Å². The van der Waals surface area contributed by atoms with Crippen LogP contribution in [0.2, 0.25) is 0 Å². The van der Waals surface area contributed by atoms with Crippen LogP contribution < -0.4 is 10.6 Å². The largest absolute Gasteiger partial charge is 0.370 e. The van der Waals surface area contributed by atoms with E-state index in [0.29, 0.717) is 13.0 Å². The Morgan fingerprint density at radius 3 is 2.88 bits per heavy atom. The number of H-pyrrole nitrogens is 1. The zero-order valence-corrected chi connectivity index (χ0v) is 14.5. The summed E-state index contributed by atoms with van der Waals surface area (Å²) in [5.41, 5.74) is 3.46. The van der Waals surface area contributed by atoms with Gasteiger partial charge in [-0.25, -0.2) is 4.98 Å². The molecule has 5 heteroatoms. The molecule has 0 unspecified atom stereocenters. The van der Waals surface area contributed by atoms with Crippen molar-refractivity contribution in [2.75, 3.05) is 18.4 Å². The number of anilines is 1. The molecule has 0 bridgehead atoms. The van der Waals surface area contributed by atoms with E-state index in [1.54, 1.807) is 0 Å². The van der Waals surface area contributed by atoms with E-state index in [9.17, 15) is 4.79 Å². The highest BCUT2D eigenvalue weighted by Crippen LogP contribution is 2.18. The van der Waals surface area contributed by atoms with E-state index in [2.05, 4.69) is 32.7 Å². The predicted octanol–water partition coefficient (Wildman–Crippen LogP) is 3.42. The monoisotopic (exact) mass is 336 g/mol. The molecule has 2 aromatic heterocycles. The third-order valence-corrected chi connectivity index (χ3v) is 4.19. The van der Waals surface area contributed by atoms with Crippen LogP contribution in [0.3, 0.4) is 0 Å². The van der Waals surface area contributed by atoms with Crippen LogP contribution in [-0.4, -0.2) is 29.0 Å². The molecule has 0 saturated carbocycles. The van der Waals surface area contributed by atoms with Crippen molar-refractivity contribution >= 4 is 22.6 Å². The summed E-state index contributed by atoms with van der Waals surface area (Å²) < 4.78 is 0. The summed E-state index contributed by atoms with van der Waals surface area (Å²) in [5.74, 6) is 0.968. The second-order valence-electron chi connectivity index (χ2n) is 6.21. The van der Waals surface area contributed by atoms with Crippen molar-refractivity contribution in [1.29, 1.82) is 0 Å². The zero-order valence-electron chi connectivity index (χ0n) is 14.5. The van der Waals surface area contributed by atoms with Crippen molar-refractivity contribution in [3.8, 4) is 0 Å². The van der Waals surface area contributed by atoms with Gasteiger partial charge in [-0.15, -0.1) is 0 Å². The summed E-state index contributed by atoms with van der Waals surface area (Å²) in [7, 11) is 0. The van der Waals surface area contributed by atoms with Crippen LogP contribution >= 0.6 is 0 Å². The van der Waals surface area contributed by atoms with E-state index in [1.165, 1.54) is 10.9 Å². The Morgan fingerprint density at radius 1 is 1.16 bits per heavy atom. The molecule has 0 aliphatic heterocycles. The molecule has 1 amide bonds. The number of amides is 1. The van der Waals surface area contributed by atoms with Gasteiger partial charge in [-0.05, 0) is 43.0 Å². The fourth-order valence-corrected chi connectivity index (χ4v) is 2.78. The van der Waals surface area contributed by atoms with Crippen LogP contribution in [0.15, 0.2) is 48.8 Å². The molecule has 3 N–H and O–H groups in total. The number of aromatic nitrogens is 2. The molecular weight excluding hydrogens is 312 g/mol. The minimum absolute atomic E-state index is 0.0961. The topological polar surface area (TPSA) is 69.8 Å². The number of aryl methyl sites for hydroxylation is 2. The minimum Gasteiger partial charge on any atom is -0.370 e. The highest BCUT2D eigenvalue weighted by atomic mass is 16.1. The number of para-hydroxylation sites is 1. The number of fused-ring (bicyclic) bond motifs is 1. The average molecular weight is 336 g/mol. The summed E-state index contributed by atoms with van der Waals surface area (Å²) >= 11 is 0. The first-order chi connectivity index (χ1) is 12.2. The Bertz CT molecular complexity index is 823. The van der Waals surface area contributed by atoms with Gasteiger partial charge in [0, 0.05) is 42.8 Å². The van der Waals surface area contributed by atoms with Gasteiger partial charge in [0.2, 0.25) is 5.91 Å². The Morgan fingerprint density at radius 2 is 2.04 bits per heavy atom. The predicted molar refractivity (Wildman–Crippen MR) is 102 cm³/mol. The summed E-state index contributed by atoms with van der Waals surface area (Å²) in [6, 6.07) is 12.2.